The van der Waals surface area contributed by atoms with E-state index in [-0.39, 0.29) is 0 Å². The molecule has 0 aliphatic heterocycles. The van der Waals surface area contributed by atoms with Crippen LogP contribution in [0.4, 0.5) is 0 Å². The normalized spacial score (nSPS) is 12.7. The van der Waals surface area contributed by atoms with Crippen molar-refractivity contribution in [2.45, 2.75) is 5.41 Å². The minimum Gasteiger partial charge on any atom is -0.208 e. The number of nitrogens with zero attached hydrogens (tertiary/aromatic N) is 3. The van der Waals surface area contributed by atoms with Crippen LogP contribution in [0.15, 0.2) is 224 Å². The van der Waals surface area contributed by atoms with E-state index in [2.05, 4.69) is 206 Å². The van der Waals surface area contributed by atoms with Gasteiger partial charge in [-0.25, -0.2) is 15.0 Å². The van der Waals surface area contributed by atoms with Crippen molar-refractivity contribution < 1.29 is 0 Å². The Hall–Kier alpha value is -8.01. The van der Waals surface area contributed by atoms with Crippen LogP contribution in [0.3, 0.4) is 0 Å². The Balaban J connectivity index is 1.06. The lowest BCUT2D eigenvalue weighted by atomic mass is 9.66. The molecule has 0 N–H and O–H groups in total. The Morgan fingerprint density at radius 3 is 1.61 bits per heavy atom. The summed E-state index contributed by atoms with van der Waals surface area (Å²) in [7, 11) is 0. The molecule has 0 atom stereocenters. The third kappa shape index (κ3) is 5.55. The van der Waals surface area contributed by atoms with Crippen molar-refractivity contribution in [3.8, 4) is 56.4 Å². The highest BCUT2D eigenvalue weighted by molar-refractivity contribution is 6.13. The van der Waals surface area contributed by atoms with Crippen LogP contribution in [-0.2, 0) is 5.41 Å². The van der Waals surface area contributed by atoms with Crippen LogP contribution < -0.4 is 0 Å². The maximum absolute atomic E-state index is 5.28. The highest BCUT2D eigenvalue weighted by Gasteiger charge is 2.47. The van der Waals surface area contributed by atoms with Gasteiger partial charge >= 0.3 is 0 Å². The first-order chi connectivity index (χ1) is 30.2. The monoisotopic (exact) mass is 775 g/mol. The molecule has 1 aromatic heterocycles. The SMILES string of the molecule is c1ccc(-c2nc(-c3cccc(-c4ccc5ccc6c(c5c4)C(c4ccccc4)(c4ccccc4)c4ccccc4-6)c3)nc(-c3cc4ccccc4c4ccccc34)n2)cc1. The average molecular weight is 776 g/mol. The summed E-state index contributed by atoms with van der Waals surface area (Å²) in [6.45, 7) is 0. The summed E-state index contributed by atoms with van der Waals surface area (Å²) in [6, 6.07) is 80.7. The third-order valence-corrected chi connectivity index (χ3v) is 12.6. The smallest absolute Gasteiger partial charge is 0.164 e. The van der Waals surface area contributed by atoms with E-state index in [1.165, 1.54) is 54.9 Å². The van der Waals surface area contributed by atoms with Crippen molar-refractivity contribution in [1.82, 2.24) is 15.0 Å². The first-order valence-corrected chi connectivity index (χ1v) is 20.9. The van der Waals surface area contributed by atoms with E-state index in [0.717, 1.165) is 38.6 Å². The Bertz CT molecular complexity index is 3430. The minimum absolute atomic E-state index is 0.503. The summed E-state index contributed by atoms with van der Waals surface area (Å²) < 4.78 is 0. The molecule has 1 aliphatic carbocycles. The second kappa shape index (κ2) is 14.1. The fourth-order valence-electron chi connectivity index (χ4n) is 9.87. The van der Waals surface area contributed by atoms with Crippen molar-refractivity contribution in [1.29, 1.82) is 0 Å². The van der Waals surface area contributed by atoms with Crippen LogP contribution in [-0.4, -0.2) is 15.0 Å². The first kappa shape index (κ1) is 35.0. The zero-order chi connectivity index (χ0) is 40.3. The average Bonchev–Trinajstić information content (AvgIpc) is 3.66. The van der Waals surface area contributed by atoms with Crippen LogP contribution in [0.25, 0.3) is 88.7 Å². The van der Waals surface area contributed by atoms with Gasteiger partial charge in [0.1, 0.15) is 0 Å². The second-order valence-corrected chi connectivity index (χ2v) is 15.9. The van der Waals surface area contributed by atoms with E-state index in [0.29, 0.717) is 17.5 Å². The molecule has 3 heteroatoms. The molecule has 284 valence electrons. The van der Waals surface area contributed by atoms with E-state index < -0.39 is 5.41 Å². The van der Waals surface area contributed by atoms with Gasteiger partial charge in [0.05, 0.1) is 5.41 Å². The molecule has 0 radical (unpaired) electrons. The summed E-state index contributed by atoms with van der Waals surface area (Å²) in [5, 5.41) is 7.09. The first-order valence-electron chi connectivity index (χ1n) is 20.9. The van der Waals surface area contributed by atoms with Crippen LogP contribution >= 0.6 is 0 Å². The minimum atomic E-state index is -0.503. The number of benzene rings is 10. The van der Waals surface area contributed by atoms with Gasteiger partial charge in [0.2, 0.25) is 0 Å². The molecule has 0 spiro atoms. The second-order valence-electron chi connectivity index (χ2n) is 15.9. The predicted molar refractivity (Wildman–Crippen MR) is 251 cm³/mol. The molecular formula is C58H37N3. The van der Waals surface area contributed by atoms with Crippen LogP contribution in [0.2, 0.25) is 0 Å². The van der Waals surface area contributed by atoms with Gasteiger partial charge in [-0.05, 0) is 95.0 Å². The van der Waals surface area contributed by atoms with E-state index in [1.807, 2.05) is 18.2 Å². The van der Waals surface area contributed by atoms with Crippen molar-refractivity contribution in [2.75, 3.05) is 0 Å². The van der Waals surface area contributed by atoms with Crippen LogP contribution in [0, 0.1) is 0 Å². The third-order valence-electron chi connectivity index (χ3n) is 12.6. The van der Waals surface area contributed by atoms with Gasteiger partial charge in [0.15, 0.2) is 17.5 Å². The van der Waals surface area contributed by atoms with E-state index in [4.69, 9.17) is 15.0 Å². The molecule has 0 fully saturated rings. The van der Waals surface area contributed by atoms with Crippen LogP contribution in [0.5, 0.6) is 0 Å². The molecule has 0 saturated carbocycles. The summed E-state index contributed by atoms with van der Waals surface area (Å²) in [5.41, 5.74) is 12.3. The highest BCUT2D eigenvalue weighted by Crippen LogP contribution is 2.58. The van der Waals surface area contributed by atoms with Gasteiger partial charge in [-0.3, -0.25) is 0 Å². The van der Waals surface area contributed by atoms with Gasteiger partial charge in [0.25, 0.3) is 0 Å². The fraction of sp³-hybridized carbons (Fsp3) is 0.0172. The Labute approximate surface area is 354 Å². The fourth-order valence-corrected chi connectivity index (χ4v) is 9.87. The van der Waals surface area contributed by atoms with E-state index >= 15 is 0 Å². The molecular weight excluding hydrogens is 739 g/mol. The maximum atomic E-state index is 5.28. The largest absolute Gasteiger partial charge is 0.208 e. The van der Waals surface area contributed by atoms with Crippen molar-refractivity contribution in [3.05, 3.63) is 247 Å². The lowest BCUT2D eigenvalue weighted by Gasteiger charge is -2.34. The number of hydrogen-bond acceptors (Lipinski definition) is 3. The Kier molecular flexibility index (Phi) is 8.07. The molecule has 10 aromatic carbocycles. The summed E-state index contributed by atoms with van der Waals surface area (Å²) in [4.78, 5) is 15.6. The molecule has 0 unspecified atom stereocenters. The molecule has 11 aromatic rings. The zero-order valence-electron chi connectivity index (χ0n) is 33.2. The van der Waals surface area contributed by atoms with Gasteiger partial charge in [-0.15, -0.1) is 0 Å². The van der Waals surface area contributed by atoms with Gasteiger partial charge in [-0.2, -0.15) is 0 Å². The van der Waals surface area contributed by atoms with Gasteiger partial charge < -0.3 is 0 Å². The predicted octanol–water partition coefficient (Wildman–Crippen LogP) is 14.4. The van der Waals surface area contributed by atoms with Crippen molar-refractivity contribution in [2.24, 2.45) is 0 Å². The van der Waals surface area contributed by atoms with Crippen molar-refractivity contribution in [3.63, 3.8) is 0 Å². The zero-order valence-corrected chi connectivity index (χ0v) is 33.2. The molecule has 3 nitrogen and oxygen atoms in total. The maximum Gasteiger partial charge on any atom is 0.164 e. The summed E-state index contributed by atoms with van der Waals surface area (Å²) >= 11 is 0. The summed E-state index contributed by atoms with van der Waals surface area (Å²) in [6.07, 6.45) is 0. The Morgan fingerprint density at radius 1 is 0.279 bits per heavy atom. The molecule has 0 saturated heterocycles. The van der Waals surface area contributed by atoms with Crippen molar-refractivity contribution >= 4 is 32.3 Å². The number of aromatic nitrogens is 3. The number of rotatable bonds is 6. The molecule has 1 heterocycles. The summed E-state index contributed by atoms with van der Waals surface area (Å²) in [5.74, 6) is 1.92. The molecule has 12 rings (SSSR count). The number of hydrogen-bond donors (Lipinski definition) is 0. The van der Waals surface area contributed by atoms with E-state index in [9.17, 15) is 0 Å². The quantitative estimate of drug-likeness (QED) is 0.158. The van der Waals surface area contributed by atoms with Gasteiger partial charge in [-0.1, -0.05) is 206 Å². The van der Waals surface area contributed by atoms with Crippen LogP contribution in [0.1, 0.15) is 22.3 Å². The number of fused-ring (bicyclic) bond motifs is 8. The standard InChI is InChI=1S/C58H37N3/c1-4-17-39(18-5-1)55-59-56(61-57(60-55)52-37-42-19-10-11-26-46(42)47-27-12-13-28-48(47)52)43-21-16-20-40(35-43)41-32-31-38-33-34-50-49-29-14-15-30-53(49)58(54(50)51(38)36-41,44-22-6-2-7-23-44)45-24-8-3-9-25-45/h1-37H. The molecule has 61 heavy (non-hydrogen) atoms. The van der Waals surface area contributed by atoms with Gasteiger partial charge in [0, 0.05) is 16.7 Å². The van der Waals surface area contributed by atoms with E-state index in [1.54, 1.807) is 0 Å². The highest BCUT2D eigenvalue weighted by atomic mass is 15.0. The molecule has 1 aliphatic rings. The Morgan fingerprint density at radius 2 is 0.836 bits per heavy atom. The molecule has 0 amide bonds. The topological polar surface area (TPSA) is 38.7 Å². The lowest BCUT2D eigenvalue weighted by molar-refractivity contribution is 0.775. The lowest BCUT2D eigenvalue weighted by Crippen LogP contribution is -2.28. The molecule has 0 bridgehead atoms.